The zero-order valence-electron chi connectivity index (χ0n) is 11.0. The largest absolute Gasteiger partial charge is 0.394 e. The molecular weight excluding hydrogens is 278 g/mol. The molecule has 0 amide bonds. The third-order valence-electron chi connectivity index (χ3n) is 3.49. The van der Waals surface area contributed by atoms with Gasteiger partial charge in [-0.1, -0.05) is 6.58 Å². The Morgan fingerprint density at radius 1 is 1.38 bits per heavy atom. The fraction of sp³-hybridized carbons (Fsp3) is 0.417. The summed E-state index contributed by atoms with van der Waals surface area (Å²) in [6, 6.07) is 0. The van der Waals surface area contributed by atoms with Crippen LogP contribution in [0.25, 0.3) is 17.2 Å². The lowest BCUT2D eigenvalue weighted by Gasteiger charge is -2.18. The SMILES string of the molecule is C=Cc1nc2c(N)ncnc2n1C1OC(CO)C(O)C1O. The molecule has 9 heteroatoms. The van der Waals surface area contributed by atoms with Crippen molar-refractivity contribution in [1.82, 2.24) is 19.5 Å². The van der Waals surface area contributed by atoms with Gasteiger partial charge in [-0.2, -0.15) is 0 Å². The van der Waals surface area contributed by atoms with Crippen LogP contribution in [0.1, 0.15) is 12.1 Å². The highest BCUT2D eigenvalue weighted by Crippen LogP contribution is 2.33. The minimum atomic E-state index is -1.24. The van der Waals surface area contributed by atoms with Crippen LogP contribution < -0.4 is 5.73 Å². The Morgan fingerprint density at radius 2 is 2.14 bits per heavy atom. The van der Waals surface area contributed by atoms with E-state index in [9.17, 15) is 10.2 Å². The van der Waals surface area contributed by atoms with Crippen LogP contribution in [-0.2, 0) is 4.74 Å². The van der Waals surface area contributed by atoms with Crippen molar-refractivity contribution in [3.63, 3.8) is 0 Å². The fourth-order valence-electron chi connectivity index (χ4n) is 2.43. The molecule has 0 bridgehead atoms. The minimum Gasteiger partial charge on any atom is -0.394 e. The summed E-state index contributed by atoms with van der Waals surface area (Å²) in [6.45, 7) is 3.23. The average Bonchev–Trinajstić information content (AvgIpc) is 2.99. The van der Waals surface area contributed by atoms with Crippen LogP contribution in [0, 0.1) is 0 Å². The fourth-order valence-corrected chi connectivity index (χ4v) is 2.43. The van der Waals surface area contributed by atoms with Crippen molar-refractivity contribution in [1.29, 1.82) is 0 Å². The first-order valence-electron chi connectivity index (χ1n) is 6.31. The first-order chi connectivity index (χ1) is 10.1. The predicted octanol–water partition coefficient (Wildman–Crippen LogP) is -1.34. The molecule has 1 aliphatic heterocycles. The molecule has 0 aromatic carbocycles. The van der Waals surface area contributed by atoms with Gasteiger partial charge in [-0.05, 0) is 6.08 Å². The van der Waals surface area contributed by atoms with Gasteiger partial charge in [0.25, 0.3) is 0 Å². The van der Waals surface area contributed by atoms with Gasteiger partial charge < -0.3 is 25.8 Å². The van der Waals surface area contributed by atoms with E-state index in [0.29, 0.717) is 17.0 Å². The Balaban J connectivity index is 2.16. The Hall–Kier alpha value is -2.07. The van der Waals surface area contributed by atoms with Crippen molar-refractivity contribution in [2.24, 2.45) is 0 Å². The highest BCUT2D eigenvalue weighted by atomic mass is 16.6. The molecule has 0 radical (unpaired) electrons. The first-order valence-corrected chi connectivity index (χ1v) is 6.31. The number of aliphatic hydroxyl groups is 3. The topological polar surface area (TPSA) is 140 Å². The number of aromatic nitrogens is 4. The molecule has 0 aliphatic carbocycles. The second kappa shape index (κ2) is 5.04. The molecule has 4 unspecified atom stereocenters. The van der Waals surface area contributed by atoms with Crippen LogP contribution in [0.4, 0.5) is 5.82 Å². The van der Waals surface area contributed by atoms with E-state index in [2.05, 4.69) is 21.5 Å². The average molecular weight is 293 g/mol. The number of fused-ring (bicyclic) bond motifs is 1. The van der Waals surface area contributed by atoms with Crippen LogP contribution >= 0.6 is 0 Å². The molecule has 2 aromatic rings. The van der Waals surface area contributed by atoms with E-state index in [4.69, 9.17) is 15.6 Å². The van der Waals surface area contributed by atoms with Gasteiger partial charge in [0.05, 0.1) is 6.61 Å². The quantitative estimate of drug-likeness (QED) is 0.545. The zero-order chi connectivity index (χ0) is 15.1. The van der Waals surface area contributed by atoms with E-state index in [1.807, 2.05) is 0 Å². The molecule has 5 N–H and O–H groups in total. The van der Waals surface area contributed by atoms with Gasteiger partial charge in [0.15, 0.2) is 23.2 Å². The molecule has 9 nitrogen and oxygen atoms in total. The Labute approximate surface area is 119 Å². The molecule has 0 saturated carbocycles. The second-order valence-electron chi connectivity index (χ2n) is 4.70. The Morgan fingerprint density at radius 3 is 2.76 bits per heavy atom. The standard InChI is InChI=1S/C12H15N5O4/c1-2-6-16-7-10(13)14-4-15-11(7)17(6)12-9(20)8(19)5(3-18)21-12/h2,4-5,8-9,12,18-20H,1,3H2,(H2,13,14,15). The zero-order valence-corrected chi connectivity index (χ0v) is 11.0. The second-order valence-corrected chi connectivity index (χ2v) is 4.70. The van der Waals surface area contributed by atoms with Crippen molar-refractivity contribution >= 4 is 23.1 Å². The molecule has 1 fully saturated rings. The smallest absolute Gasteiger partial charge is 0.168 e. The summed E-state index contributed by atoms with van der Waals surface area (Å²) in [5.74, 6) is 0.556. The number of nitrogens with two attached hydrogens (primary N) is 1. The maximum Gasteiger partial charge on any atom is 0.168 e. The van der Waals surface area contributed by atoms with Gasteiger partial charge in [0.2, 0.25) is 0 Å². The summed E-state index contributed by atoms with van der Waals surface area (Å²) in [6.07, 6.45) is -1.58. The van der Waals surface area contributed by atoms with Crippen LogP contribution in [-0.4, -0.2) is 59.8 Å². The highest BCUT2D eigenvalue weighted by Gasteiger charge is 2.44. The molecule has 2 aromatic heterocycles. The van der Waals surface area contributed by atoms with E-state index in [0.717, 1.165) is 0 Å². The number of hydrogen-bond acceptors (Lipinski definition) is 8. The summed E-state index contributed by atoms with van der Waals surface area (Å²) in [5.41, 5.74) is 6.46. The summed E-state index contributed by atoms with van der Waals surface area (Å²) in [5, 5.41) is 29.2. The van der Waals surface area contributed by atoms with Gasteiger partial charge >= 0.3 is 0 Å². The van der Waals surface area contributed by atoms with E-state index in [-0.39, 0.29) is 5.82 Å². The number of nitrogens with zero attached hydrogens (tertiary/aromatic N) is 4. The van der Waals surface area contributed by atoms with Gasteiger partial charge in [-0.15, -0.1) is 0 Å². The third-order valence-corrected chi connectivity index (χ3v) is 3.49. The molecule has 1 aliphatic rings. The summed E-state index contributed by atoms with van der Waals surface area (Å²) >= 11 is 0. The first kappa shape index (κ1) is 13.9. The molecule has 0 spiro atoms. The van der Waals surface area contributed by atoms with Crippen molar-refractivity contribution < 1.29 is 20.1 Å². The number of anilines is 1. The van der Waals surface area contributed by atoms with E-state index >= 15 is 0 Å². The Bertz CT molecular complexity index is 688. The molecule has 1 saturated heterocycles. The van der Waals surface area contributed by atoms with Gasteiger partial charge in [0, 0.05) is 0 Å². The lowest BCUT2D eigenvalue weighted by molar-refractivity contribution is -0.0513. The van der Waals surface area contributed by atoms with E-state index in [1.54, 1.807) is 0 Å². The maximum atomic E-state index is 10.1. The van der Waals surface area contributed by atoms with Crippen LogP contribution in [0.15, 0.2) is 12.9 Å². The van der Waals surface area contributed by atoms with Crippen LogP contribution in [0.2, 0.25) is 0 Å². The van der Waals surface area contributed by atoms with Crippen molar-refractivity contribution in [3.8, 4) is 0 Å². The van der Waals surface area contributed by atoms with Gasteiger partial charge in [-0.25, -0.2) is 15.0 Å². The minimum absolute atomic E-state index is 0.189. The summed E-state index contributed by atoms with van der Waals surface area (Å²) in [4.78, 5) is 12.2. The van der Waals surface area contributed by atoms with Gasteiger partial charge in [-0.3, -0.25) is 4.57 Å². The third kappa shape index (κ3) is 1.98. The van der Waals surface area contributed by atoms with Crippen LogP contribution in [0.3, 0.4) is 0 Å². The van der Waals surface area contributed by atoms with E-state index in [1.165, 1.54) is 17.0 Å². The Kier molecular flexibility index (Phi) is 3.33. The molecule has 112 valence electrons. The summed E-state index contributed by atoms with van der Waals surface area (Å²) < 4.78 is 6.97. The number of rotatable bonds is 3. The van der Waals surface area contributed by atoms with Gasteiger partial charge in [0.1, 0.15) is 30.5 Å². The molecule has 3 heterocycles. The highest BCUT2D eigenvalue weighted by molar-refractivity contribution is 5.83. The normalized spacial score (nSPS) is 29.1. The number of imidazole rings is 1. The number of nitrogen functional groups attached to an aromatic ring is 1. The van der Waals surface area contributed by atoms with Crippen molar-refractivity contribution in [2.75, 3.05) is 12.3 Å². The summed E-state index contributed by atoms with van der Waals surface area (Å²) in [7, 11) is 0. The van der Waals surface area contributed by atoms with Crippen molar-refractivity contribution in [2.45, 2.75) is 24.5 Å². The monoisotopic (exact) mass is 293 g/mol. The number of hydrogen-bond donors (Lipinski definition) is 4. The molecule has 3 rings (SSSR count). The molecule has 21 heavy (non-hydrogen) atoms. The maximum absolute atomic E-state index is 10.1. The number of ether oxygens (including phenoxy) is 1. The van der Waals surface area contributed by atoms with E-state index < -0.39 is 31.1 Å². The lowest BCUT2D eigenvalue weighted by Crippen LogP contribution is -2.33. The predicted molar refractivity (Wildman–Crippen MR) is 72.8 cm³/mol. The van der Waals surface area contributed by atoms with Crippen LogP contribution in [0.5, 0.6) is 0 Å². The van der Waals surface area contributed by atoms with Crippen molar-refractivity contribution in [3.05, 3.63) is 18.7 Å². The molecular formula is C12H15N5O4. The lowest BCUT2D eigenvalue weighted by atomic mass is 10.1. The number of aliphatic hydroxyl groups excluding tert-OH is 3. The molecule has 4 atom stereocenters.